The molecule has 0 bridgehead atoms. The molecule has 4 aromatic rings. The number of carbonyl (C=O) groups excluding carboxylic acids is 1. The van der Waals surface area contributed by atoms with Crippen molar-refractivity contribution in [3.05, 3.63) is 99.4 Å². The molecule has 4 rings (SSSR count). The Bertz CT molecular complexity index is 1260. The number of aromatic amines is 2. The van der Waals surface area contributed by atoms with Gasteiger partial charge in [0.2, 0.25) is 0 Å². The van der Waals surface area contributed by atoms with Gasteiger partial charge in [-0.25, -0.2) is 4.98 Å². The second kappa shape index (κ2) is 9.38. The summed E-state index contributed by atoms with van der Waals surface area (Å²) in [6, 6.07) is 16.1. The first-order valence-corrected chi connectivity index (χ1v) is 10.5. The van der Waals surface area contributed by atoms with Crippen molar-refractivity contribution in [3.63, 3.8) is 0 Å². The monoisotopic (exact) mass is 428 g/mol. The topological polar surface area (TPSA) is 116 Å². The van der Waals surface area contributed by atoms with Gasteiger partial charge in [-0.2, -0.15) is 5.10 Å². The standard InChI is InChI=1S/C24H24N6O2/c1-3-18-15(2)22(30-29-18)24(32)27-20(16-9-5-4-6-10-16)13-17-14-21(31)28-23(26-17)19-11-7-8-12-25-19/h4-12,14,20H,3,13H2,1-2H3,(H,27,32)(H,29,30)(H,26,28,31)/t20-/m0/s1. The Morgan fingerprint density at radius 2 is 1.91 bits per heavy atom. The van der Waals surface area contributed by atoms with E-state index in [1.165, 1.54) is 6.07 Å². The average Bonchev–Trinajstić information content (AvgIpc) is 3.20. The zero-order valence-corrected chi connectivity index (χ0v) is 17.9. The number of benzene rings is 1. The summed E-state index contributed by atoms with van der Waals surface area (Å²) in [4.78, 5) is 36.9. The molecule has 1 aromatic carbocycles. The van der Waals surface area contributed by atoms with Crippen LogP contribution in [0.1, 0.15) is 46.0 Å². The average molecular weight is 428 g/mol. The van der Waals surface area contributed by atoms with Gasteiger partial charge >= 0.3 is 0 Å². The van der Waals surface area contributed by atoms with Crippen molar-refractivity contribution in [2.24, 2.45) is 0 Å². The fraction of sp³-hybridized carbons (Fsp3) is 0.208. The third-order valence-corrected chi connectivity index (χ3v) is 5.30. The molecule has 0 aliphatic rings. The molecule has 0 aliphatic heterocycles. The lowest BCUT2D eigenvalue weighted by Gasteiger charge is -2.19. The zero-order chi connectivity index (χ0) is 22.5. The molecular formula is C24H24N6O2. The summed E-state index contributed by atoms with van der Waals surface area (Å²) in [5.41, 5.74) is 3.90. The number of hydrogen-bond donors (Lipinski definition) is 3. The maximum Gasteiger partial charge on any atom is 0.272 e. The molecule has 32 heavy (non-hydrogen) atoms. The maximum absolute atomic E-state index is 13.0. The highest BCUT2D eigenvalue weighted by Crippen LogP contribution is 2.20. The Morgan fingerprint density at radius 1 is 1.12 bits per heavy atom. The minimum atomic E-state index is -0.393. The highest BCUT2D eigenvalue weighted by molar-refractivity contribution is 5.94. The third kappa shape index (κ3) is 4.64. The van der Waals surface area contributed by atoms with Crippen LogP contribution in [0.3, 0.4) is 0 Å². The predicted octanol–water partition coefficient (Wildman–Crippen LogP) is 3.14. The van der Waals surface area contributed by atoms with Crippen LogP contribution in [0.5, 0.6) is 0 Å². The molecule has 3 heterocycles. The summed E-state index contributed by atoms with van der Waals surface area (Å²) >= 11 is 0. The SMILES string of the molecule is CCc1[nH]nc(C(=O)N[C@@H](Cc2cc(=O)[nH]c(-c3ccccn3)n2)c2ccccc2)c1C. The lowest BCUT2D eigenvalue weighted by molar-refractivity contribution is 0.0930. The number of rotatable bonds is 7. The smallest absolute Gasteiger partial charge is 0.272 e. The summed E-state index contributed by atoms with van der Waals surface area (Å²) in [5, 5.41) is 10.2. The van der Waals surface area contributed by atoms with Gasteiger partial charge in [0.25, 0.3) is 11.5 Å². The van der Waals surface area contributed by atoms with E-state index in [2.05, 4.69) is 30.5 Å². The molecule has 0 unspecified atom stereocenters. The fourth-order valence-corrected chi connectivity index (χ4v) is 3.61. The van der Waals surface area contributed by atoms with Crippen molar-refractivity contribution < 1.29 is 4.79 Å². The number of pyridine rings is 1. The van der Waals surface area contributed by atoms with Crippen molar-refractivity contribution in [2.75, 3.05) is 0 Å². The molecular weight excluding hydrogens is 404 g/mol. The van der Waals surface area contributed by atoms with Crippen molar-refractivity contribution >= 4 is 5.91 Å². The fourth-order valence-electron chi connectivity index (χ4n) is 3.61. The first-order chi connectivity index (χ1) is 15.5. The Kier molecular flexibility index (Phi) is 6.21. The Balaban J connectivity index is 1.65. The van der Waals surface area contributed by atoms with E-state index < -0.39 is 6.04 Å². The predicted molar refractivity (Wildman–Crippen MR) is 121 cm³/mol. The molecule has 0 radical (unpaired) electrons. The minimum absolute atomic E-state index is 0.274. The molecule has 0 saturated heterocycles. The number of aryl methyl sites for hydroxylation is 1. The molecule has 8 heteroatoms. The molecule has 0 fully saturated rings. The van der Waals surface area contributed by atoms with E-state index in [9.17, 15) is 9.59 Å². The first kappa shape index (κ1) is 21.2. The van der Waals surface area contributed by atoms with Crippen molar-refractivity contribution in [1.29, 1.82) is 0 Å². The first-order valence-electron chi connectivity index (χ1n) is 10.5. The minimum Gasteiger partial charge on any atom is -0.343 e. The quantitative estimate of drug-likeness (QED) is 0.418. The lowest BCUT2D eigenvalue weighted by Crippen LogP contribution is -2.31. The third-order valence-electron chi connectivity index (χ3n) is 5.30. The molecule has 8 nitrogen and oxygen atoms in total. The Morgan fingerprint density at radius 3 is 2.59 bits per heavy atom. The largest absolute Gasteiger partial charge is 0.343 e. The van der Waals surface area contributed by atoms with Crippen LogP contribution in [0.25, 0.3) is 11.5 Å². The number of nitrogens with zero attached hydrogens (tertiary/aromatic N) is 3. The van der Waals surface area contributed by atoms with Gasteiger partial charge in [0.15, 0.2) is 11.5 Å². The number of aromatic nitrogens is 5. The van der Waals surface area contributed by atoms with E-state index in [1.54, 1.807) is 18.3 Å². The summed E-state index contributed by atoms with van der Waals surface area (Å²) in [5.74, 6) is 0.115. The molecule has 0 saturated carbocycles. The van der Waals surface area contributed by atoms with Crippen LogP contribution in [0.4, 0.5) is 0 Å². The van der Waals surface area contributed by atoms with Crippen LogP contribution in [0.2, 0.25) is 0 Å². The highest BCUT2D eigenvalue weighted by atomic mass is 16.2. The van der Waals surface area contributed by atoms with Crippen LogP contribution < -0.4 is 10.9 Å². The molecule has 162 valence electrons. The molecule has 0 spiro atoms. The van der Waals surface area contributed by atoms with E-state index in [-0.39, 0.29) is 11.5 Å². The van der Waals surface area contributed by atoms with Crippen LogP contribution in [0, 0.1) is 6.92 Å². The van der Waals surface area contributed by atoms with E-state index in [1.807, 2.05) is 50.2 Å². The summed E-state index contributed by atoms with van der Waals surface area (Å²) in [7, 11) is 0. The summed E-state index contributed by atoms with van der Waals surface area (Å²) < 4.78 is 0. The van der Waals surface area contributed by atoms with Gasteiger partial charge in [-0.1, -0.05) is 43.3 Å². The van der Waals surface area contributed by atoms with E-state index >= 15 is 0 Å². The Labute approximate surface area is 185 Å². The number of hydrogen-bond acceptors (Lipinski definition) is 5. The van der Waals surface area contributed by atoms with Crippen molar-refractivity contribution in [1.82, 2.24) is 30.5 Å². The van der Waals surface area contributed by atoms with Gasteiger partial charge in [-0.3, -0.25) is 19.7 Å². The Hall–Kier alpha value is -4.07. The number of carbonyl (C=O) groups is 1. The van der Waals surface area contributed by atoms with Gasteiger partial charge in [0, 0.05) is 29.9 Å². The number of H-pyrrole nitrogens is 2. The molecule has 1 atom stereocenters. The molecule has 3 aromatic heterocycles. The van der Waals surface area contributed by atoms with Gasteiger partial charge in [-0.15, -0.1) is 0 Å². The van der Waals surface area contributed by atoms with E-state index in [0.717, 1.165) is 23.2 Å². The zero-order valence-electron chi connectivity index (χ0n) is 17.9. The highest BCUT2D eigenvalue weighted by Gasteiger charge is 2.21. The van der Waals surface area contributed by atoms with Gasteiger partial charge < -0.3 is 10.3 Å². The van der Waals surface area contributed by atoms with Crippen LogP contribution in [-0.4, -0.2) is 31.1 Å². The second-order valence-corrected chi connectivity index (χ2v) is 7.47. The van der Waals surface area contributed by atoms with E-state index in [0.29, 0.717) is 29.3 Å². The number of nitrogens with one attached hydrogen (secondary N) is 3. The molecule has 3 N–H and O–H groups in total. The second-order valence-electron chi connectivity index (χ2n) is 7.47. The number of amides is 1. The molecule has 1 amide bonds. The van der Waals surface area contributed by atoms with Crippen molar-refractivity contribution in [3.8, 4) is 11.5 Å². The normalized spacial score (nSPS) is 11.8. The lowest BCUT2D eigenvalue weighted by atomic mass is 10.0. The summed E-state index contributed by atoms with van der Waals surface area (Å²) in [6.07, 6.45) is 2.75. The van der Waals surface area contributed by atoms with Crippen molar-refractivity contribution in [2.45, 2.75) is 32.7 Å². The van der Waals surface area contributed by atoms with E-state index in [4.69, 9.17) is 0 Å². The van der Waals surface area contributed by atoms with Crippen LogP contribution >= 0.6 is 0 Å². The van der Waals surface area contributed by atoms with Crippen LogP contribution in [-0.2, 0) is 12.8 Å². The van der Waals surface area contributed by atoms with Gasteiger partial charge in [0.05, 0.1) is 11.7 Å². The summed E-state index contributed by atoms with van der Waals surface area (Å²) in [6.45, 7) is 3.89. The molecule has 0 aliphatic carbocycles. The van der Waals surface area contributed by atoms with Gasteiger partial charge in [-0.05, 0) is 31.0 Å². The maximum atomic E-state index is 13.0. The van der Waals surface area contributed by atoms with Gasteiger partial charge in [0.1, 0.15) is 5.69 Å². The van der Waals surface area contributed by atoms with Crippen LogP contribution in [0.15, 0.2) is 65.6 Å².